The molecule has 0 spiro atoms. The van der Waals surface area contributed by atoms with Gasteiger partial charge in [0.15, 0.2) is 0 Å². The highest BCUT2D eigenvalue weighted by atomic mass is 16.5. The maximum absolute atomic E-state index is 11.8. The third-order valence-corrected chi connectivity index (χ3v) is 2.51. The van der Waals surface area contributed by atoms with Gasteiger partial charge in [0.2, 0.25) is 5.91 Å². The maximum atomic E-state index is 11.8. The molecule has 0 unspecified atom stereocenters. The number of hydrogen-bond acceptors (Lipinski definition) is 3. The Morgan fingerprint density at radius 1 is 1.30 bits per heavy atom. The van der Waals surface area contributed by atoms with E-state index in [9.17, 15) is 9.59 Å². The molecule has 0 bridgehead atoms. The molecule has 0 aromatic heterocycles. The lowest BCUT2D eigenvalue weighted by atomic mass is 10.2. The number of terminal acetylenes is 1. The first-order chi connectivity index (χ1) is 9.63. The fourth-order valence-electron chi connectivity index (χ4n) is 1.59. The Kier molecular flexibility index (Phi) is 6.69. The second-order valence-electron chi connectivity index (χ2n) is 4.11. The molecule has 0 saturated carbocycles. The molecule has 0 atom stereocenters. The topological polar surface area (TPSA) is 66.8 Å². The fourth-order valence-corrected chi connectivity index (χ4v) is 1.59. The summed E-state index contributed by atoms with van der Waals surface area (Å²) in [5.74, 6) is 1.67. The van der Waals surface area contributed by atoms with E-state index in [1.165, 1.54) is 0 Å². The van der Waals surface area contributed by atoms with Gasteiger partial charge in [-0.3, -0.25) is 9.59 Å². The highest BCUT2D eigenvalue weighted by molar-refractivity contribution is 5.81. The van der Waals surface area contributed by atoms with Crippen molar-refractivity contribution in [3.8, 4) is 18.1 Å². The van der Waals surface area contributed by atoms with Gasteiger partial charge >= 0.3 is 5.97 Å². The Morgan fingerprint density at radius 2 is 2.00 bits per heavy atom. The molecule has 20 heavy (non-hydrogen) atoms. The minimum atomic E-state index is -1.07. The SMILES string of the molecule is C#CCN(CC(=O)O)C(=O)CCCOc1ccccc1. The Bertz CT molecular complexity index is 478. The molecule has 5 nitrogen and oxygen atoms in total. The number of carbonyl (C=O) groups excluding carboxylic acids is 1. The molecule has 1 N–H and O–H groups in total. The maximum Gasteiger partial charge on any atom is 0.323 e. The van der Waals surface area contributed by atoms with Crippen LogP contribution in [0.2, 0.25) is 0 Å². The van der Waals surface area contributed by atoms with Crippen LogP contribution in [-0.4, -0.2) is 41.6 Å². The Labute approximate surface area is 118 Å². The number of aliphatic carboxylic acids is 1. The van der Waals surface area contributed by atoms with E-state index in [0.29, 0.717) is 13.0 Å². The van der Waals surface area contributed by atoms with Crippen LogP contribution in [0.5, 0.6) is 5.75 Å². The van der Waals surface area contributed by atoms with Gasteiger partial charge in [0, 0.05) is 6.42 Å². The third kappa shape index (κ3) is 5.91. The Morgan fingerprint density at radius 3 is 2.60 bits per heavy atom. The van der Waals surface area contributed by atoms with Crippen LogP contribution in [0.15, 0.2) is 30.3 Å². The number of carboxylic acids is 1. The summed E-state index contributed by atoms with van der Waals surface area (Å²) in [6.07, 6.45) is 5.83. The zero-order chi connectivity index (χ0) is 14.8. The van der Waals surface area contributed by atoms with Crippen LogP contribution in [0.4, 0.5) is 0 Å². The Balaban J connectivity index is 2.30. The van der Waals surface area contributed by atoms with E-state index in [-0.39, 0.29) is 25.4 Å². The summed E-state index contributed by atoms with van der Waals surface area (Å²) < 4.78 is 5.45. The van der Waals surface area contributed by atoms with Gasteiger partial charge in [-0.15, -0.1) is 6.42 Å². The summed E-state index contributed by atoms with van der Waals surface area (Å²) in [6, 6.07) is 9.28. The van der Waals surface area contributed by atoms with Crippen molar-refractivity contribution in [2.24, 2.45) is 0 Å². The predicted octanol–water partition coefficient (Wildman–Crippen LogP) is 1.39. The first-order valence-electron chi connectivity index (χ1n) is 6.24. The highest BCUT2D eigenvalue weighted by Gasteiger charge is 2.15. The average Bonchev–Trinajstić information content (AvgIpc) is 2.43. The normalized spacial score (nSPS) is 9.55. The van der Waals surface area contributed by atoms with Crippen molar-refractivity contribution in [1.29, 1.82) is 0 Å². The molecular weight excluding hydrogens is 258 g/mol. The molecule has 106 valence electrons. The lowest BCUT2D eigenvalue weighted by Gasteiger charge is -2.17. The van der Waals surface area contributed by atoms with Gasteiger partial charge in [0.1, 0.15) is 12.3 Å². The van der Waals surface area contributed by atoms with E-state index < -0.39 is 5.97 Å². The average molecular weight is 275 g/mol. The number of carbonyl (C=O) groups is 2. The van der Waals surface area contributed by atoms with Crippen molar-refractivity contribution in [2.45, 2.75) is 12.8 Å². The summed E-state index contributed by atoms with van der Waals surface area (Å²) in [5.41, 5.74) is 0. The minimum Gasteiger partial charge on any atom is -0.494 e. The first-order valence-corrected chi connectivity index (χ1v) is 6.24. The number of carboxylic acid groups (broad SMARTS) is 1. The van der Waals surface area contributed by atoms with E-state index in [1.54, 1.807) is 0 Å². The molecule has 1 aromatic rings. The monoisotopic (exact) mass is 275 g/mol. The standard InChI is InChI=1S/C15H17NO4/c1-2-10-16(12-15(18)19)14(17)9-6-11-20-13-7-4-3-5-8-13/h1,3-5,7-8H,6,9-12H2,(H,18,19). The zero-order valence-corrected chi connectivity index (χ0v) is 11.1. The molecule has 1 aromatic carbocycles. The lowest BCUT2D eigenvalue weighted by Crippen LogP contribution is -2.36. The van der Waals surface area contributed by atoms with Crippen molar-refractivity contribution in [1.82, 2.24) is 4.90 Å². The number of nitrogens with zero attached hydrogens (tertiary/aromatic N) is 1. The molecule has 0 aliphatic carbocycles. The number of rotatable bonds is 8. The number of para-hydroxylation sites is 1. The lowest BCUT2D eigenvalue weighted by molar-refractivity contribution is -0.144. The van der Waals surface area contributed by atoms with Crippen LogP contribution in [0, 0.1) is 12.3 Å². The predicted molar refractivity (Wildman–Crippen MR) is 74.2 cm³/mol. The molecule has 0 fully saturated rings. The molecule has 0 aliphatic rings. The summed E-state index contributed by atoms with van der Waals surface area (Å²) >= 11 is 0. The van der Waals surface area contributed by atoms with Crippen LogP contribution >= 0.6 is 0 Å². The first kappa shape index (κ1) is 15.6. The van der Waals surface area contributed by atoms with Gasteiger partial charge in [-0.25, -0.2) is 0 Å². The van der Waals surface area contributed by atoms with Crippen LogP contribution in [-0.2, 0) is 9.59 Å². The largest absolute Gasteiger partial charge is 0.494 e. The zero-order valence-electron chi connectivity index (χ0n) is 11.1. The summed E-state index contributed by atoms with van der Waals surface area (Å²) in [7, 11) is 0. The van der Waals surface area contributed by atoms with Crippen molar-refractivity contribution in [3.05, 3.63) is 30.3 Å². The van der Waals surface area contributed by atoms with Crippen LogP contribution in [0.1, 0.15) is 12.8 Å². The van der Waals surface area contributed by atoms with Crippen LogP contribution in [0.3, 0.4) is 0 Å². The molecule has 1 rings (SSSR count). The van der Waals surface area contributed by atoms with Crippen molar-refractivity contribution < 1.29 is 19.4 Å². The molecule has 1 amide bonds. The number of benzene rings is 1. The van der Waals surface area contributed by atoms with E-state index in [4.69, 9.17) is 16.3 Å². The molecule has 0 aliphatic heterocycles. The molecule has 5 heteroatoms. The number of ether oxygens (including phenoxy) is 1. The Hall–Kier alpha value is -2.48. The minimum absolute atomic E-state index is 0.00464. The molecule has 0 radical (unpaired) electrons. The molecular formula is C15H17NO4. The van der Waals surface area contributed by atoms with Crippen molar-refractivity contribution in [2.75, 3.05) is 19.7 Å². The third-order valence-electron chi connectivity index (χ3n) is 2.51. The smallest absolute Gasteiger partial charge is 0.323 e. The number of hydrogen-bond donors (Lipinski definition) is 1. The highest BCUT2D eigenvalue weighted by Crippen LogP contribution is 2.09. The van der Waals surface area contributed by atoms with E-state index in [0.717, 1.165) is 10.6 Å². The van der Waals surface area contributed by atoms with Gasteiger partial charge in [0.05, 0.1) is 13.2 Å². The van der Waals surface area contributed by atoms with E-state index in [2.05, 4.69) is 5.92 Å². The van der Waals surface area contributed by atoms with Crippen molar-refractivity contribution >= 4 is 11.9 Å². The quantitative estimate of drug-likeness (QED) is 0.575. The van der Waals surface area contributed by atoms with Crippen molar-refractivity contribution in [3.63, 3.8) is 0 Å². The van der Waals surface area contributed by atoms with Gasteiger partial charge in [-0.2, -0.15) is 0 Å². The second-order valence-corrected chi connectivity index (χ2v) is 4.11. The summed E-state index contributed by atoms with van der Waals surface area (Å²) in [4.78, 5) is 23.6. The second kappa shape index (κ2) is 8.59. The van der Waals surface area contributed by atoms with E-state index in [1.807, 2.05) is 30.3 Å². The van der Waals surface area contributed by atoms with Gasteiger partial charge in [-0.1, -0.05) is 24.1 Å². The fraction of sp³-hybridized carbons (Fsp3) is 0.333. The van der Waals surface area contributed by atoms with Gasteiger partial charge in [-0.05, 0) is 18.6 Å². The summed E-state index contributed by atoms with van der Waals surface area (Å²) in [6.45, 7) is 0.0277. The van der Waals surface area contributed by atoms with Crippen LogP contribution < -0.4 is 4.74 Å². The summed E-state index contributed by atoms with van der Waals surface area (Å²) in [5, 5.41) is 8.69. The van der Waals surface area contributed by atoms with Gasteiger partial charge in [0.25, 0.3) is 0 Å². The number of amides is 1. The van der Waals surface area contributed by atoms with E-state index >= 15 is 0 Å². The van der Waals surface area contributed by atoms with Crippen LogP contribution in [0.25, 0.3) is 0 Å². The molecule has 0 saturated heterocycles. The van der Waals surface area contributed by atoms with Gasteiger partial charge < -0.3 is 14.7 Å². The molecule has 0 heterocycles.